The summed E-state index contributed by atoms with van der Waals surface area (Å²) in [6.07, 6.45) is 3.69. The summed E-state index contributed by atoms with van der Waals surface area (Å²) >= 11 is 0. The van der Waals surface area contributed by atoms with Crippen LogP contribution in [-0.2, 0) is 17.9 Å². The molecule has 2 aromatic carbocycles. The molecule has 0 saturated carbocycles. The Balaban J connectivity index is 1.75. The Morgan fingerprint density at radius 1 is 1.04 bits per heavy atom. The number of rotatable bonds is 7. The maximum atomic E-state index is 11.8. The van der Waals surface area contributed by atoms with Crippen molar-refractivity contribution in [1.82, 2.24) is 15.1 Å². The molecule has 0 bridgehead atoms. The van der Waals surface area contributed by atoms with E-state index in [2.05, 4.69) is 22.5 Å². The highest BCUT2D eigenvalue weighted by Crippen LogP contribution is 2.15. The number of amides is 1. The molecule has 0 aliphatic rings. The molecule has 0 aliphatic carbocycles. The lowest BCUT2D eigenvalue weighted by atomic mass is 10.0. The smallest absolute Gasteiger partial charge is 0.239 e. The van der Waals surface area contributed by atoms with Crippen molar-refractivity contribution in [1.29, 1.82) is 0 Å². The molecule has 3 rings (SSSR count). The molecule has 5 nitrogen and oxygen atoms in total. The average molecular weight is 320 g/mol. The van der Waals surface area contributed by atoms with Crippen molar-refractivity contribution >= 4 is 5.91 Å². The fourth-order valence-electron chi connectivity index (χ4n) is 2.69. The van der Waals surface area contributed by atoms with Gasteiger partial charge in [0.1, 0.15) is 6.04 Å². The third kappa shape index (κ3) is 3.88. The molecule has 1 heterocycles. The van der Waals surface area contributed by atoms with E-state index in [9.17, 15) is 4.79 Å². The molecule has 0 unspecified atom stereocenters. The Morgan fingerprint density at radius 3 is 2.42 bits per heavy atom. The van der Waals surface area contributed by atoms with Crippen LogP contribution in [0.15, 0.2) is 73.1 Å². The van der Waals surface area contributed by atoms with Crippen molar-refractivity contribution < 1.29 is 4.79 Å². The second kappa shape index (κ2) is 7.57. The number of hydrogen-bond donors (Lipinski definition) is 2. The fourth-order valence-corrected chi connectivity index (χ4v) is 2.69. The molecule has 24 heavy (non-hydrogen) atoms. The Bertz CT molecular complexity index is 784. The number of nitrogens with one attached hydrogen (secondary N) is 1. The average Bonchev–Trinajstić information content (AvgIpc) is 3.10. The molecule has 1 aromatic heterocycles. The molecular weight excluding hydrogens is 300 g/mol. The highest BCUT2D eigenvalue weighted by molar-refractivity contribution is 5.81. The highest BCUT2D eigenvalue weighted by atomic mass is 16.1. The van der Waals surface area contributed by atoms with E-state index in [1.165, 1.54) is 0 Å². The van der Waals surface area contributed by atoms with E-state index in [1.807, 2.05) is 59.4 Å². The van der Waals surface area contributed by atoms with E-state index in [0.29, 0.717) is 13.1 Å². The Labute approximate surface area is 141 Å². The number of carbonyl (C=O) groups excluding carboxylic acids is 1. The van der Waals surface area contributed by atoms with E-state index in [-0.39, 0.29) is 5.91 Å². The lowest BCUT2D eigenvalue weighted by Gasteiger charge is -2.17. The maximum absolute atomic E-state index is 11.8. The molecule has 5 heteroatoms. The minimum absolute atomic E-state index is 0.384. The molecular formula is C19H20N4O. The van der Waals surface area contributed by atoms with Gasteiger partial charge in [-0.15, -0.1) is 0 Å². The third-order valence-corrected chi connectivity index (χ3v) is 3.92. The molecule has 0 aliphatic heterocycles. The van der Waals surface area contributed by atoms with E-state index in [1.54, 1.807) is 6.20 Å². The summed E-state index contributed by atoms with van der Waals surface area (Å²) in [5.74, 6) is -0.384. The van der Waals surface area contributed by atoms with Crippen molar-refractivity contribution in [3.05, 3.63) is 89.7 Å². The van der Waals surface area contributed by atoms with Crippen molar-refractivity contribution in [3.8, 4) is 0 Å². The lowest BCUT2D eigenvalue weighted by molar-refractivity contribution is -0.120. The molecule has 122 valence electrons. The van der Waals surface area contributed by atoms with Gasteiger partial charge < -0.3 is 5.73 Å². The molecule has 3 aromatic rings. The first-order chi connectivity index (χ1) is 11.7. The van der Waals surface area contributed by atoms with Gasteiger partial charge in [0.25, 0.3) is 0 Å². The normalized spacial score (nSPS) is 12.0. The van der Waals surface area contributed by atoms with Gasteiger partial charge in [-0.05, 0) is 22.8 Å². The molecule has 0 radical (unpaired) electrons. The first-order valence-electron chi connectivity index (χ1n) is 7.86. The zero-order valence-corrected chi connectivity index (χ0v) is 13.3. The van der Waals surface area contributed by atoms with Crippen LogP contribution in [0, 0.1) is 0 Å². The van der Waals surface area contributed by atoms with Gasteiger partial charge in [-0.25, -0.2) is 0 Å². The zero-order chi connectivity index (χ0) is 16.8. The van der Waals surface area contributed by atoms with Gasteiger partial charge in [0.2, 0.25) is 5.91 Å². The number of nitrogens with zero attached hydrogens (tertiary/aromatic N) is 2. The van der Waals surface area contributed by atoms with Crippen LogP contribution in [0.4, 0.5) is 0 Å². The van der Waals surface area contributed by atoms with Crippen LogP contribution in [0.1, 0.15) is 22.7 Å². The van der Waals surface area contributed by atoms with Gasteiger partial charge in [-0.3, -0.25) is 14.8 Å². The van der Waals surface area contributed by atoms with Gasteiger partial charge in [-0.1, -0.05) is 54.6 Å². The summed E-state index contributed by atoms with van der Waals surface area (Å²) in [5.41, 5.74) is 8.71. The van der Waals surface area contributed by atoms with Crippen LogP contribution < -0.4 is 11.1 Å². The van der Waals surface area contributed by atoms with Crippen LogP contribution in [0.5, 0.6) is 0 Å². The van der Waals surface area contributed by atoms with Crippen molar-refractivity contribution in [2.75, 3.05) is 0 Å². The lowest BCUT2D eigenvalue weighted by Crippen LogP contribution is -2.33. The van der Waals surface area contributed by atoms with E-state index in [4.69, 9.17) is 5.73 Å². The Morgan fingerprint density at radius 2 is 1.75 bits per heavy atom. The van der Waals surface area contributed by atoms with Crippen LogP contribution in [0.3, 0.4) is 0 Å². The fraction of sp³-hybridized carbons (Fsp3) is 0.158. The molecule has 1 atom stereocenters. The van der Waals surface area contributed by atoms with Gasteiger partial charge in [0.05, 0.1) is 6.54 Å². The van der Waals surface area contributed by atoms with Crippen LogP contribution in [0.25, 0.3) is 0 Å². The number of nitrogens with two attached hydrogens (primary N) is 1. The number of aromatic nitrogens is 2. The van der Waals surface area contributed by atoms with Gasteiger partial charge >= 0.3 is 0 Å². The van der Waals surface area contributed by atoms with E-state index >= 15 is 0 Å². The number of benzene rings is 2. The van der Waals surface area contributed by atoms with Crippen LogP contribution in [0.2, 0.25) is 0 Å². The third-order valence-electron chi connectivity index (χ3n) is 3.92. The first kappa shape index (κ1) is 16.0. The predicted molar refractivity (Wildman–Crippen MR) is 93.0 cm³/mol. The van der Waals surface area contributed by atoms with Gasteiger partial charge in [0.15, 0.2) is 0 Å². The molecule has 3 N–H and O–H groups in total. The van der Waals surface area contributed by atoms with Gasteiger partial charge in [-0.2, -0.15) is 5.10 Å². The Kier molecular flexibility index (Phi) is 5.03. The van der Waals surface area contributed by atoms with Crippen molar-refractivity contribution in [3.63, 3.8) is 0 Å². The monoisotopic (exact) mass is 320 g/mol. The quantitative estimate of drug-likeness (QED) is 0.701. The number of carbonyl (C=O) groups is 1. The Hall–Kier alpha value is -2.92. The molecule has 1 amide bonds. The number of hydrogen-bond acceptors (Lipinski definition) is 3. The minimum atomic E-state index is -0.510. The summed E-state index contributed by atoms with van der Waals surface area (Å²) < 4.78 is 1.88. The summed E-state index contributed by atoms with van der Waals surface area (Å²) in [4.78, 5) is 11.8. The van der Waals surface area contributed by atoms with Crippen molar-refractivity contribution in [2.24, 2.45) is 5.73 Å². The highest BCUT2D eigenvalue weighted by Gasteiger charge is 2.17. The topological polar surface area (TPSA) is 72.9 Å². The molecule has 0 spiro atoms. The number of primary amides is 1. The predicted octanol–water partition coefficient (Wildman–Crippen LogP) is 2.25. The maximum Gasteiger partial charge on any atom is 0.239 e. The summed E-state index contributed by atoms with van der Waals surface area (Å²) in [7, 11) is 0. The van der Waals surface area contributed by atoms with Gasteiger partial charge in [0, 0.05) is 18.9 Å². The summed E-state index contributed by atoms with van der Waals surface area (Å²) in [6.45, 7) is 1.25. The first-order valence-corrected chi connectivity index (χ1v) is 7.86. The molecule has 0 saturated heterocycles. The van der Waals surface area contributed by atoms with Crippen LogP contribution in [-0.4, -0.2) is 15.7 Å². The molecule has 0 fully saturated rings. The van der Waals surface area contributed by atoms with Crippen molar-refractivity contribution in [2.45, 2.75) is 19.1 Å². The SMILES string of the molecule is NC(=O)[C@H](NCc1ccccc1Cn1cccn1)c1ccccc1. The van der Waals surface area contributed by atoms with E-state index in [0.717, 1.165) is 16.7 Å². The van der Waals surface area contributed by atoms with Crippen LogP contribution >= 0.6 is 0 Å². The largest absolute Gasteiger partial charge is 0.368 e. The second-order valence-electron chi connectivity index (χ2n) is 5.60. The zero-order valence-electron chi connectivity index (χ0n) is 13.3. The minimum Gasteiger partial charge on any atom is -0.368 e. The summed E-state index contributed by atoms with van der Waals surface area (Å²) in [5, 5.41) is 7.51. The van der Waals surface area contributed by atoms with E-state index < -0.39 is 6.04 Å². The summed E-state index contributed by atoms with van der Waals surface area (Å²) in [6, 6.07) is 19.0. The standard InChI is InChI=1S/C19H20N4O/c20-19(24)18(15-7-2-1-3-8-15)21-13-16-9-4-5-10-17(16)14-23-12-6-11-22-23/h1-12,18,21H,13-14H2,(H2,20,24)/t18-/m1/s1. The second-order valence-corrected chi connectivity index (χ2v) is 5.60.